The summed E-state index contributed by atoms with van der Waals surface area (Å²) < 4.78 is 65.4. The number of hydrogen-bond donors (Lipinski definition) is 3. The molecule has 30 heavy (non-hydrogen) atoms. The van der Waals surface area contributed by atoms with Crippen LogP contribution < -0.4 is 16.0 Å². The number of aromatic nitrogens is 1. The monoisotopic (exact) mass is 450 g/mol. The van der Waals surface area contributed by atoms with Crippen LogP contribution in [0.25, 0.3) is 0 Å². The number of hydrogen-bond acceptors (Lipinski definition) is 4. The molecule has 2 aromatic rings. The first kappa shape index (κ1) is 23.0. The summed E-state index contributed by atoms with van der Waals surface area (Å²) in [5.74, 6) is -4.58. The van der Waals surface area contributed by atoms with Crippen LogP contribution in [0.3, 0.4) is 0 Å². The smallest absolute Gasteiger partial charge is 0.352 e. The van der Waals surface area contributed by atoms with Crippen molar-refractivity contribution >= 4 is 35.1 Å². The highest BCUT2D eigenvalue weighted by atomic mass is 35.5. The third-order valence-corrected chi connectivity index (χ3v) is 3.77. The molecule has 1 aromatic carbocycles. The molecule has 0 bridgehead atoms. The van der Waals surface area contributed by atoms with Gasteiger partial charge in [0, 0.05) is 18.8 Å². The molecule has 0 unspecified atom stereocenters. The number of imide groups is 1. The van der Waals surface area contributed by atoms with Crippen molar-refractivity contribution in [3.05, 3.63) is 57.9 Å². The summed E-state index contributed by atoms with van der Waals surface area (Å²) in [5.41, 5.74) is -3.20. The van der Waals surface area contributed by atoms with Gasteiger partial charge in [-0.05, 0) is 19.1 Å². The summed E-state index contributed by atoms with van der Waals surface area (Å²) >= 11 is 5.61. The summed E-state index contributed by atoms with van der Waals surface area (Å²) in [6, 6.07) is 0.136. The molecule has 0 fully saturated rings. The van der Waals surface area contributed by atoms with E-state index in [1.807, 2.05) is 5.32 Å². The molecule has 13 heteroatoms. The second-order valence-corrected chi connectivity index (χ2v) is 6.04. The number of nitrogens with zero attached hydrogens (tertiary/aromatic N) is 1. The summed E-state index contributed by atoms with van der Waals surface area (Å²) in [7, 11) is 0. The van der Waals surface area contributed by atoms with Gasteiger partial charge in [0.25, 0.3) is 11.8 Å². The predicted octanol–water partition coefficient (Wildman–Crippen LogP) is 3.74. The maximum absolute atomic E-state index is 14.1. The minimum absolute atomic E-state index is 0.124. The van der Waals surface area contributed by atoms with Crippen molar-refractivity contribution < 1.29 is 36.3 Å². The maximum atomic E-state index is 14.1. The molecule has 0 aliphatic rings. The maximum Gasteiger partial charge on any atom is 0.417 e. The molecule has 0 radical (unpaired) electrons. The van der Waals surface area contributed by atoms with Crippen LogP contribution in [-0.4, -0.2) is 29.4 Å². The lowest BCUT2D eigenvalue weighted by molar-refractivity contribution is -0.137. The van der Waals surface area contributed by atoms with E-state index in [0.717, 1.165) is 0 Å². The Kier molecular flexibility index (Phi) is 6.92. The van der Waals surface area contributed by atoms with E-state index in [4.69, 9.17) is 11.6 Å². The molecule has 0 saturated heterocycles. The number of alkyl halides is 3. The van der Waals surface area contributed by atoms with Crippen LogP contribution in [0, 0.1) is 11.6 Å². The normalized spacial score (nSPS) is 11.0. The van der Waals surface area contributed by atoms with E-state index in [-0.39, 0.29) is 6.54 Å². The molecule has 4 amide bonds. The third-order valence-electron chi connectivity index (χ3n) is 3.49. The van der Waals surface area contributed by atoms with E-state index in [1.165, 1.54) is 0 Å². The van der Waals surface area contributed by atoms with Gasteiger partial charge in [-0.25, -0.2) is 18.6 Å². The Labute approximate surface area is 170 Å². The lowest BCUT2D eigenvalue weighted by Gasteiger charge is -2.13. The van der Waals surface area contributed by atoms with Gasteiger partial charge in [-0.2, -0.15) is 13.2 Å². The van der Waals surface area contributed by atoms with Crippen LogP contribution >= 0.6 is 11.6 Å². The van der Waals surface area contributed by atoms with Crippen molar-refractivity contribution in [1.82, 2.24) is 15.6 Å². The summed E-state index contributed by atoms with van der Waals surface area (Å²) in [5, 5.41) is 5.15. The zero-order valence-electron chi connectivity index (χ0n) is 15.0. The van der Waals surface area contributed by atoms with Crippen molar-refractivity contribution in [3.63, 3.8) is 0 Å². The van der Waals surface area contributed by atoms with Gasteiger partial charge in [0.2, 0.25) is 0 Å². The average Bonchev–Trinajstić information content (AvgIpc) is 2.62. The van der Waals surface area contributed by atoms with Crippen LogP contribution in [0.15, 0.2) is 24.4 Å². The van der Waals surface area contributed by atoms with Gasteiger partial charge >= 0.3 is 12.2 Å². The van der Waals surface area contributed by atoms with Gasteiger partial charge < -0.3 is 10.6 Å². The number of amides is 4. The number of halogens is 6. The number of carbonyl (C=O) groups is 3. The SMILES string of the molecule is CCNC(=O)c1cc(F)cc(F)c1NC(=O)NC(=O)c1ncc(C(F)(F)F)cc1Cl. The Morgan fingerprint density at radius 3 is 2.33 bits per heavy atom. The molecular weight excluding hydrogens is 439 g/mol. The Hall–Kier alpha value is -3.28. The number of benzene rings is 1. The van der Waals surface area contributed by atoms with Crippen LogP contribution in [-0.2, 0) is 6.18 Å². The molecule has 0 spiro atoms. The first-order valence-corrected chi connectivity index (χ1v) is 8.44. The Bertz CT molecular complexity index is 1010. The van der Waals surface area contributed by atoms with E-state index in [1.54, 1.807) is 12.2 Å². The van der Waals surface area contributed by atoms with E-state index in [2.05, 4.69) is 10.3 Å². The molecule has 0 atom stereocenters. The van der Waals surface area contributed by atoms with E-state index in [0.29, 0.717) is 24.4 Å². The quantitative estimate of drug-likeness (QED) is 0.618. The highest BCUT2D eigenvalue weighted by Gasteiger charge is 2.32. The average molecular weight is 451 g/mol. The summed E-state index contributed by atoms with van der Waals surface area (Å²) in [4.78, 5) is 39.3. The predicted molar refractivity (Wildman–Crippen MR) is 95.1 cm³/mol. The third kappa shape index (κ3) is 5.41. The molecule has 7 nitrogen and oxygen atoms in total. The van der Waals surface area contributed by atoms with Crippen molar-refractivity contribution in [2.75, 3.05) is 11.9 Å². The highest BCUT2D eigenvalue weighted by molar-refractivity contribution is 6.34. The lowest BCUT2D eigenvalue weighted by atomic mass is 10.1. The van der Waals surface area contributed by atoms with Crippen molar-refractivity contribution in [2.45, 2.75) is 13.1 Å². The summed E-state index contributed by atoms with van der Waals surface area (Å²) in [6.45, 7) is 1.67. The number of nitrogens with one attached hydrogen (secondary N) is 3. The standard InChI is InChI=1S/C17H12ClF5N4O3/c1-2-24-14(28)9-4-8(19)5-11(20)12(9)26-16(30)27-15(29)13-10(18)3-7(6-25-13)17(21,22)23/h3-6H,2H2,1H3,(H,24,28)(H2,26,27,29,30). The number of pyridine rings is 1. The molecule has 0 aliphatic carbocycles. The molecule has 0 aliphatic heterocycles. The van der Waals surface area contributed by atoms with Gasteiger partial charge in [0.1, 0.15) is 11.5 Å². The Balaban J connectivity index is 2.22. The Morgan fingerprint density at radius 2 is 1.77 bits per heavy atom. The van der Waals surface area contributed by atoms with Gasteiger partial charge in [-0.1, -0.05) is 11.6 Å². The topological polar surface area (TPSA) is 100 Å². The van der Waals surface area contributed by atoms with Crippen LogP contribution in [0.5, 0.6) is 0 Å². The van der Waals surface area contributed by atoms with E-state index < -0.39 is 63.2 Å². The molecule has 2 rings (SSSR count). The van der Waals surface area contributed by atoms with Gasteiger partial charge in [-0.15, -0.1) is 0 Å². The lowest BCUT2D eigenvalue weighted by Crippen LogP contribution is -2.36. The number of carbonyl (C=O) groups excluding carboxylic acids is 3. The van der Waals surface area contributed by atoms with Gasteiger partial charge in [0.15, 0.2) is 5.82 Å². The zero-order valence-corrected chi connectivity index (χ0v) is 15.7. The molecule has 3 N–H and O–H groups in total. The fourth-order valence-corrected chi connectivity index (χ4v) is 2.45. The van der Waals surface area contributed by atoms with Crippen LogP contribution in [0.2, 0.25) is 5.02 Å². The van der Waals surface area contributed by atoms with Crippen LogP contribution in [0.1, 0.15) is 33.3 Å². The van der Waals surface area contributed by atoms with Gasteiger partial charge in [0.05, 0.1) is 21.8 Å². The fraction of sp³-hybridized carbons (Fsp3) is 0.176. The molecule has 1 heterocycles. The van der Waals surface area contributed by atoms with Crippen molar-refractivity contribution in [3.8, 4) is 0 Å². The number of rotatable bonds is 4. The minimum Gasteiger partial charge on any atom is -0.352 e. The van der Waals surface area contributed by atoms with E-state index in [9.17, 15) is 36.3 Å². The number of urea groups is 1. The first-order chi connectivity index (χ1) is 13.9. The zero-order chi connectivity index (χ0) is 22.6. The van der Waals surface area contributed by atoms with Crippen molar-refractivity contribution in [1.29, 1.82) is 0 Å². The van der Waals surface area contributed by atoms with E-state index >= 15 is 0 Å². The molecule has 0 saturated carbocycles. The molecule has 160 valence electrons. The largest absolute Gasteiger partial charge is 0.417 e. The second-order valence-electron chi connectivity index (χ2n) is 5.63. The van der Waals surface area contributed by atoms with Crippen molar-refractivity contribution in [2.24, 2.45) is 0 Å². The number of anilines is 1. The van der Waals surface area contributed by atoms with Crippen LogP contribution in [0.4, 0.5) is 32.4 Å². The Morgan fingerprint density at radius 1 is 1.10 bits per heavy atom. The first-order valence-electron chi connectivity index (χ1n) is 8.06. The second kappa shape index (κ2) is 9.03. The molecule has 1 aromatic heterocycles. The fourth-order valence-electron chi connectivity index (χ4n) is 2.20. The summed E-state index contributed by atoms with van der Waals surface area (Å²) in [6.07, 6.45) is -4.41. The minimum atomic E-state index is -4.75. The highest BCUT2D eigenvalue weighted by Crippen LogP contribution is 2.31. The van der Waals surface area contributed by atoms with Gasteiger partial charge in [-0.3, -0.25) is 14.9 Å². The molecular formula is C17H12ClF5N4O3.